The average molecular weight is 214 g/mol. The Labute approximate surface area is 94.2 Å². The Morgan fingerprint density at radius 2 is 1.87 bits per heavy atom. The van der Waals surface area contributed by atoms with Crippen LogP contribution in [0, 0.1) is 0 Å². The lowest BCUT2D eigenvalue weighted by Crippen LogP contribution is -2.35. The lowest BCUT2D eigenvalue weighted by atomic mass is 10.3. The molecule has 15 heavy (non-hydrogen) atoms. The Morgan fingerprint density at radius 1 is 1.13 bits per heavy atom. The molecule has 0 bridgehead atoms. The summed E-state index contributed by atoms with van der Waals surface area (Å²) in [6.07, 6.45) is 4.98. The normalized spacial score (nSPS) is 19.8. The molecule has 90 valence electrons. The van der Waals surface area contributed by atoms with E-state index in [2.05, 4.69) is 17.1 Å². The largest absolute Gasteiger partial charge is 0.380 e. The summed E-state index contributed by atoms with van der Waals surface area (Å²) < 4.78 is 5.59. The van der Waals surface area contributed by atoms with Crippen molar-refractivity contribution in [1.82, 2.24) is 10.2 Å². The molecule has 0 aromatic rings. The molecule has 1 fully saturated rings. The van der Waals surface area contributed by atoms with Gasteiger partial charge in [0.2, 0.25) is 0 Å². The van der Waals surface area contributed by atoms with E-state index < -0.39 is 0 Å². The van der Waals surface area contributed by atoms with Crippen molar-refractivity contribution in [3.63, 3.8) is 0 Å². The second kappa shape index (κ2) is 9.13. The molecule has 0 amide bonds. The van der Waals surface area contributed by atoms with Gasteiger partial charge in [0.1, 0.15) is 0 Å². The molecular weight excluding hydrogens is 188 g/mol. The zero-order valence-corrected chi connectivity index (χ0v) is 10.1. The second-order valence-corrected chi connectivity index (χ2v) is 4.26. The van der Waals surface area contributed by atoms with Gasteiger partial charge in [0.05, 0.1) is 6.61 Å². The second-order valence-electron chi connectivity index (χ2n) is 4.26. The monoisotopic (exact) mass is 214 g/mol. The summed E-state index contributed by atoms with van der Waals surface area (Å²) in [6.45, 7) is 9.96. The minimum Gasteiger partial charge on any atom is -0.380 e. The van der Waals surface area contributed by atoms with E-state index >= 15 is 0 Å². The van der Waals surface area contributed by atoms with Gasteiger partial charge in [-0.25, -0.2) is 0 Å². The Hall–Kier alpha value is -0.120. The Balaban J connectivity index is 1.97. The van der Waals surface area contributed by atoms with E-state index in [1.54, 1.807) is 0 Å². The first-order chi connectivity index (χ1) is 7.43. The van der Waals surface area contributed by atoms with Crippen LogP contribution in [0.4, 0.5) is 0 Å². The highest BCUT2D eigenvalue weighted by atomic mass is 16.5. The van der Waals surface area contributed by atoms with Crippen LogP contribution in [0.2, 0.25) is 0 Å². The van der Waals surface area contributed by atoms with Gasteiger partial charge in [-0.3, -0.25) is 0 Å². The first-order valence-corrected chi connectivity index (χ1v) is 6.44. The van der Waals surface area contributed by atoms with Crippen molar-refractivity contribution in [2.75, 3.05) is 45.9 Å². The van der Waals surface area contributed by atoms with Gasteiger partial charge in [0, 0.05) is 13.2 Å². The maximum Gasteiger partial charge on any atom is 0.0593 e. The number of hydrogen-bond donors (Lipinski definition) is 1. The molecule has 0 aromatic carbocycles. The van der Waals surface area contributed by atoms with Crippen molar-refractivity contribution < 1.29 is 4.74 Å². The smallest absolute Gasteiger partial charge is 0.0593 e. The Bertz CT molecular complexity index is 134. The molecule has 0 radical (unpaired) electrons. The molecule has 0 saturated carbocycles. The summed E-state index contributed by atoms with van der Waals surface area (Å²) in [7, 11) is 0. The molecular formula is C12H26N2O. The fourth-order valence-electron chi connectivity index (χ4n) is 1.86. The molecule has 3 heteroatoms. The van der Waals surface area contributed by atoms with Gasteiger partial charge < -0.3 is 15.0 Å². The highest BCUT2D eigenvalue weighted by Gasteiger charge is 2.06. The van der Waals surface area contributed by atoms with Crippen LogP contribution >= 0.6 is 0 Å². The Morgan fingerprint density at radius 3 is 2.53 bits per heavy atom. The molecule has 1 aliphatic rings. The van der Waals surface area contributed by atoms with Gasteiger partial charge in [0.15, 0.2) is 0 Å². The molecule has 1 aliphatic heterocycles. The maximum atomic E-state index is 5.59. The quantitative estimate of drug-likeness (QED) is 0.678. The molecule has 0 aliphatic carbocycles. The number of nitrogens with one attached hydrogen (secondary N) is 1. The molecule has 1 rings (SSSR count). The third-order valence-corrected chi connectivity index (χ3v) is 2.85. The minimum atomic E-state index is 0.910. The average Bonchev–Trinajstić information content (AvgIpc) is 2.20. The predicted molar refractivity (Wildman–Crippen MR) is 64.3 cm³/mol. The van der Waals surface area contributed by atoms with Gasteiger partial charge in [-0.15, -0.1) is 0 Å². The summed E-state index contributed by atoms with van der Waals surface area (Å²) in [5, 5.41) is 3.43. The maximum absolute atomic E-state index is 5.59. The zero-order valence-electron chi connectivity index (χ0n) is 10.1. The number of ether oxygens (including phenoxy) is 1. The number of hydrogen-bond acceptors (Lipinski definition) is 3. The predicted octanol–water partition coefficient (Wildman–Crippen LogP) is 1.49. The van der Waals surface area contributed by atoms with Crippen LogP contribution in [0.3, 0.4) is 0 Å². The van der Waals surface area contributed by atoms with Crippen molar-refractivity contribution in [1.29, 1.82) is 0 Å². The molecule has 0 aromatic heterocycles. The van der Waals surface area contributed by atoms with Crippen LogP contribution in [-0.2, 0) is 4.74 Å². The van der Waals surface area contributed by atoms with E-state index in [0.29, 0.717) is 0 Å². The van der Waals surface area contributed by atoms with Crippen LogP contribution in [0.5, 0.6) is 0 Å². The number of rotatable bonds is 6. The zero-order chi connectivity index (χ0) is 10.8. The number of nitrogens with zero attached hydrogens (tertiary/aromatic N) is 1. The highest BCUT2D eigenvalue weighted by molar-refractivity contribution is 4.63. The minimum absolute atomic E-state index is 0.910. The van der Waals surface area contributed by atoms with E-state index in [1.807, 2.05) is 0 Å². The number of unbranched alkanes of at least 4 members (excludes halogenated alkanes) is 1. The lowest BCUT2D eigenvalue weighted by molar-refractivity contribution is 0.0991. The third-order valence-electron chi connectivity index (χ3n) is 2.85. The summed E-state index contributed by atoms with van der Waals surface area (Å²) in [4.78, 5) is 2.53. The van der Waals surface area contributed by atoms with Gasteiger partial charge in [0.25, 0.3) is 0 Å². The Kier molecular flexibility index (Phi) is 7.88. The fraction of sp³-hybridized carbons (Fsp3) is 1.00. The lowest BCUT2D eigenvalue weighted by Gasteiger charge is -2.24. The SMILES string of the molecule is CCCCOCCN1CCCNCCC1. The first-order valence-electron chi connectivity index (χ1n) is 6.44. The highest BCUT2D eigenvalue weighted by Crippen LogP contribution is 1.97. The molecule has 1 heterocycles. The summed E-state index contributed by atoms with van der Waals surface area (Å²) >= 11 is 0. The van der Waals surface area contributed by atoms with Crippen molar-refractivity contribution in [2.45, 2.75) is 32.6 Å². The molecule has 0 atom stereocenters. The van der Waals surface area contributed by atoms with Crippen LogP contribution in [0.1, 0.15) is 32.6 Å². The summed E-state index contributed by atoms with van der Waals surface area (Å²) in [5.74, 6) is 0. The van der Waals surface area contributed by atoms with Crippen molar-refractivity contribution in [3.05, 3.63) is 0 Å². The van der Waals surface area contributed by atoms with Gasteiger partial charge in [-0.2, -0.15) is 0 Å². The van der Waals surface area contributed by atoms with Crippen molar-refractivity contribution in [3.8, 4) is 0 Å². The first kappa shape index (κ1) is 12.9. The van der Waals surface area contributed by atoms with Crippen LogP contribution in [-0.4, -0.2) is 50.8 Å². The van der Waals surface area contributed by atoms with E-state index in [4.69, 9.17) is 4.74 Å². The fourth-order valence-corrected chi connectivity index (χ4v) is 1.86. The van der Waals surface area contributed by atoms with Crippen molar-refractivity contribution in [2.24, 2.45) is 0 Å². The molecule has 3 nitrogen and oxygen atoms in total. The summed E-state index contributed by atoms with van der Waals surface area (Å²) in [5.41, 5.74) is 0. The molecule has 1 saturated heterocycles. The topological polar surface area (TPSA) is 24.5 Å². The van der Waals surface area contributed by atoms with Gasteiger partial charge in [-0.05, 0) is 45.4 Å². The standard InChI is InChI=1S/C12H26N2O/c1-2-3-11-15-12-10-14-8-4-6-13-7-5-9-14/h13H,2-12H2,1H3. The van der Waals surface area contributed by atoms with Crippen LogP contribution in [0.15, 0.2) is 0 Å². The van der Waals surface area contributed by atoms with E-state index in [-0.39, 0.29) is 0 Å². The van der Waals surface area contributed by atoms with Crippen molar-refractivity contribution >= 4 is 0 Å². The van der Waals surface area contributed by atoms with Gasteiger partial charge in [-0.1, -0.05) is 13.3 Å². The molecule has 1 N–H and O–H groups in total. The molecule has 0 spiro atoms. The summed E-state index contributed by atoms with van der Waals surface area (Å²) in [6, 6.07) is 0. The van der Waals surface area contributed by atoms with Gasteiger partial charge >= 0.3 is 0 Å². The molecule has 0 unspecified atom stereocenters. The third kappa shape index (κ3) is 6.88. The van der Waals surface area contributed by atoms with E-state index in [1.165, 1.54) is 51.9 Å². The van der Waals surface area contributed by atoms with E-state index in [9.17, 15) is 0 Å². The van der Waals surface area contributed by atoms with E-state index in [0.717, 1.165) is 19.8 Å². The van der Waals surface area contributed by atoms with Crippen LogP contribution < -0.4 is 5.32 Å². The van der Waals surface area contributed by atoms with Crippen LogP contribution in [0.25, 0.3) is 0 Å².